The summed E-state index contributed by atoms with van der Waals surface area (Å²) in [6.45, 7) is 9.14. The molecule has 15 heavy (non-hydrogen) atoms. The van der Waals surface area contributed by atoms with E-state index in [9.17, 15) is 0 Å². The summed E-state index contributed by atoms with van der Waals surface area (Å²) in [7, 11) is 0. The third-order valence-corrected chi connectivity index (χ3v) is 4.08. The molecule has 82 valence electrons. The molecule has 0 unspecified atom stereocenters. The van der Waals surface area contributed by atoms with E-state index in [1.807, 2.05) is 0 Å². The lowest BCUT2D eigenvalue weighted by atomic mass is 9.77. The highest BCUT2D eigenvalue weighted by Crippen LogP contribution is 2.46. The molecule has 0 bridgehead atoms. The molecule has 0 aliphatic heterocycles. The quantitative estimate of drug-likeness (QED) is 0.596. The second-order valence-electron chi connectivity index (χ2n) is 5.70. The van der Waals surface area contributed by atoms with Crippen molar-refractivity contribution in [3.05, 3.63) is 33.8 Å². The van der Waals surface area contributed by atoms with Gasteiger partial charge in [0.1, 0.15) is 0 Å². The molecule has 1 atom stereocenters. The molecule has 1 aromatic carbocycles. The van der Waals surface area contributed by atoms with Gasteiger partial charge in [0.15, 0.2) is 0 Å². The summed E-state index contributed by atoms with van der Waals surface area (Å²) in [5.41, 5.74) is 4.69. The molecule has 0 nitrogen and oxygen atoms in total. The van der Waals surface area contributed by atoms with Gasteiger partial charge in [-0.05, 0) is 53.9 Å². The van der Waals surface area contributed by atoms with E-state index in [2.05, 4.69) is 39.8 Å². The van der Waals surface area contributed by atoms with Crippen LogP contribution in [0.5, 0.6) is 0 Å². The van der Waals surface area contributed by atoms with Crippen LogP contribution in [0.1, 0.15) is 49.8 Å². The first-order valence-corrected chi connectivity index (χ1v) is 6.07. The van der Waals surface area contributed by atoms with E-state index in [4.69, 9.17) is 11.6 Å². The molecule has 0 fully saturated rings. The average molecular weight is 223 g/mol. The van der Waals surface area contributed by atoms with Crippen molar-refractivity contribution >= 4 is 11.6 Å². The van der Waals surface area contributed by atoms with Gasteiger partial charge in [0.05, 0.1) is 0 Å². The minimum atomic E-state index is 0.367. The van der Waals surface area contributed by atoms with Gasteiger partial charge in [0.25, 0.3) is 0 Å². The summed E-state index contributed by atoms with van der Waals surface area (Å²) in [6, 6.07) is 4.29. The Morgan fingerprint density at radius 1 is 1.27 bits per heavy atom. The summed E-state index contributed by atoms with van der Waals surface area (Å²) >= 11 is 6.15. The van der Waals surface area contributed by atoms with Crippen LogP contribution in [0, 0.1) is 12.3 Å². The van der Waals surface area contributed by atoms with Crippen LogP contribution in [0.2, 0.25) is 5.02 Å². The van der Waals surface area contributed by atoms with Gasteiger partial charge in [-0.15, -0.1) is 0 Å². The van der Waals surface area contributed by atoms with Crippen LogP contribution in [0.4, 0.5) is 0 Å². The molecule has 0 saturated heterocycles. The molecule has 1 aliphatic rings. The van der Waals surface area contributed by atoms with Gasteiger partial charge < -0.3 is 0 Å². The summed E-state index contributed by atoms with van der Waals surface area (Å²) in [6.07, 6.45) is 2.48. The van der Waals surface area contributed by atoms with Crippen LogP contribution in [0.3, 0.4) is 0 Å². The van der Waals surface area contributed by atoms with Crippen LogP contribution in [0.15, 0.2) is 12.1 Å². The van der Waals surface area contributed by atoms with Crippen molar-refractivity contribution in [2.75, 3.05) is 0 Å². The number of halogens is 1. The van der Waals surface area contributed by atoms with Crippen LogP contribution in [-0.4, -0.2) is 0 Å². The fraction of sp³-hybridized carbons (Fsp3) is 0.571. The fourth-order valence-electron chi connectivity index (χ4n) is 2.75. The Balaban J connectivity index is 2.49. The Morgan fingerprint density at radius 2 is 1.93 bits per heavy atom. The van der Waals surface area contributed by atoms with Crippen LogP contribution in [-0.2, 0) is 6.42 Å². The van der Waals surface area contributed by atoms with Crippen molar-refractivity contribution in [1.29, 1.82) is 0 Å². The number of fused-ring (bicyclic) bond motifs is 1. The minimum absolute atomic E-state index is 0.367. The van der Waals surface area contributed by atoms with Gasteiger partial charge in [0, 0.05) is 5.02 Å². The van der Waals surface area contributed by atoms with Crippen LogP contribution >= 0.6 is 11.6 Å². The van der Waals surface area contributed by atoms with Gasteiger partial charge in [-0.2, -0.15) is 0 Å². The first kappa shape index (κ1) is 11.0. The second kappa shape index (κ2) is 3.52. The van der Waals surface area contributed by atoms with E-state index in [0.29, 0.717) is 11.3 Å². The predicted octanol–water partition coefficient (Wildman–Crippen LogP) is 4.72. The Hall–Kier alpha value is -0.490. The predicted molar refractivity (Wildman–Crippen MR) is 66.7 cm³/mol. The number of hydrogen-bond donors (Lipinski definition) is 0. The molecule has 0 N–H and O–H groups in total. The van der Waals surface area contributed by atoms with Gasteiger partial charge in [-0.1, -0.05) is 38.4 Å². The maximum absolute atomic E-state index is 6.15. The minimum Gasteiger partial charge on any atom is -0.0840 e. The molecule has 2 rings (SSSR count). The molecular formula is C14H19Cl. The van der Waals surface area contributed by atoms with Gasteiger partial charge in [-0.3, -0.25) is 0 Å². The molecule has 0 saturated carbocycles. The maximum atomic E-state index is 6.15. The second-order valence-corrected chi connectivity index (χ2v) is 6.10. The smallest absolute Gasteiger partial charge is 0.0438 e. The van der Waals surface area contributed by atoms with Gasteiger partial charge in [0.2, 0.25) is 0 Å². The Labute approximate surface area is 97.6 Å². The topological polar surface area (TPSA) is 0 Å². The first-order chi connectivity index (χ1) is 6.91. The number of benzene rings is 1. The summed E-state index contributed by atoms with van der Waals surface area (Å²) in [5, 5.41) is 0.920. The standard InChI is InChI=1S/C14H19Cl/c1-9-10-5-7-12(14(2,3)4)11(10)6-8-13(9)15/h6,8,12H,5,7H2,1-4H3/t12-/m0/s1. The summed E-state index contributed by atoms with van der Waals surface area (Å²) < 4.78 is 0. The third kappa shape index (κ3) is 1.80. The van der Waals surface area contributed by atoms with Crippen molar-refractivity contribution < 1.29 is 0 Å². The zero-order chi connectivity index (χ0) is 11.2. The monoisotopic (exact) mass is 222 g/mol. The van der Waals surface area contributed by atoms with Gasteiger partial charge >= 0.3 is 0 Å². The lowest BCUT2D eigenvalue weighted by Crippen LogP contribution is -2.15. The highest BCUT2D eigenvalue weighted by atomic mass is 35.5. The SMILES string of the molecule is Cc1c(Cl)ccc2c1CC[C@@H]2C(C)(C)C. The van der Waals surface area contributed by atoms with E-state index in [1.54, 1.807) is 0 Å². The molecule has 1 aromatic rings. The molecule has 0 radical (unpaired) electrons. The zero-order valence-corrected chi connectivity index (χ0v) is 10.8. The van der Waals surface area contributed by atoms with E-state index in [-0.39, 0.29) is 0 Å². The molecule has 1 heteroatoms. The van der Waals surface area contributed by atoms with Crippen molar-refractivity contribution in [1.82, 2.24) is 0 Å². The molecule has 1 aliphatic carbocycles. The Morgan fingerprint density at radius 3 is 2.53 bits per heavy atom. The number of hydrogen-bond acceptors (Lipinski definition) is 0. The molecule has 0 aromatic heterocycles. The fourth-order valence-corrected chi connectivity index (χ4v) is 2.93. The van der Waals surface area contributed by atoms with Crippen LogP contribution in [0.25, 0.3) is 0 Å². The van der Waals surface area contributed by atoms with Crippen molar-refractivity contribution in [2.45, 2.75) is 46.5 Å². The Kier molecular flexibility index (Phi) is 2.58. The van der Waals surface area contributed by atoms with Gasteiger partial charge in [-0.25, -0.2) is 0 Å². The zero-order valence-electron chi connectivity index (χ0n) is 10.0. The average Bonchev–Trinajstić information content (AvgIpc) is 2.54. The largest absolute Gasteiger partial charge is 0.0840 e. The molecular weight excluding hydrogens is 204 g/mol. The summed E-state index contributed by atoms with van der Waals surface area (Å²) in [5.74, 6) is 0.698. The summed E-state index contributed by atoms with van der Waals surface area (Å²) in [4.78, 5) is 0. The third-order valence-electron chi connectivity index (χ3n) is 3.67. The normalized spacial score (nSPS) is 20.5. The first-order valence-electron chi connectivity index (χ1n) is 5.69. The molecule has 0 amide bonds. The van der Waals surface area contributed by atoms with E-state index >= 15 is 0 Å². The van der Waals surface area contributed by atoms with E-state index < -0.39 is 0 Å². The lowest BCUT2D eigenvalue weighted by molar-refractivity contribution is 0.319. The molecule has 0 heterocycles. The maximum Gasteiger partial charge on any atom is 0.0438 e. The van der Waals surface area contributed by atoms with Crippen molar-refractivity contribution in [2.24, 2.45) is 5.41 Å². The Bertz CT molecular complexity index is 385. The highest BCUT2D eigenvalue weighted by molar-refractivity contribution is 6.31. The van der Waals surface area contributed by atoms with E-state index in [0.717, 1.165) is 5.02 Å². The lowest BCUT2D eigenvalue weighted by Gasteiger charge is -2.28. The van der Waals surface area contributed by atoms with Crippen molar-refractivity contribution in [3.8, 4) is 0 Å². The number of rotatable bonds is 0. The van der Waals surface area contributed by atoms with E-state index in [1.165, 1.54) is 29.5 Å². The van der Waals surface area contributed by atoms with Crippen molar-refractivity contribution in [3.63, 3.8) is 0 Å². The highest BCUT2D eigenvalue weighted by Gasteiger charge is 2.32. The molecule has 0 spiro atoms. The van der Waals surface area contributed by atoms with Crippen LogP contribution < -0.4 is 0 Å².